The van der Waals surface area contributed by atoms with Gasteiger partial charge in [-0.2, -0.15) is 0 Å². The molecule has 1 aromatic rings. The Balaban J connectivity index is 3.02. The zero-order valence-corrected chi connectivity index (χ0v) is 7.36. The molecule has 0 aliphatic heterocycles. The van der Waals surface area contributed by atoms with Gasteiger partial charge in [0.25, 0.3) is 0 Å². The van der Waals surface area contributed by atoms with Gasteiger partial charge in [-0.05, 0) is 17.7 Å². The Bertz CT molecular complexity index is 248. The third kappa shape index (κ3) is 2.01. The van der Waals surface area contributed by atoms with Crippen molar-refractivity contribution in [3.63, 3.8) is 0 Å². The van der Waals surface area contributed by atoms with Crippen molar-refractivity contribution in [3.05, 3.63) is 29.3 Å². The van der Waals surface area contributed by atoms with E-state index in [0.29, 0.717) is 11.8 Å². The summed E-state index contributed by atoms with van der Waals surface area (Å²) in [6, 6.07) is 5.18. The topological polar surface area (TPSA) is 20.2 Å². The number of phenolic OH excluding ortho intramolecular Hbond substituents is 1. The molecular formula is C8H8Cl2O. The Kier molecular flexibility index (Phi) is 3.03. The first-order valence-corrected chi connectivity index (χ1v) is 4.27. The van der Waals surface area contributed by atoms with Crippen LogP contribution in [0.3, 0.4) is 0 Å². The maximum Gasteiger partial charge on any atom is 0.120 e. The number of rotatable bonds is 2. The van der Waals surface area contributed by atoms with Crippen LogP contribution in [0.4, 0.5) is 0 Å². The highest BCUT2D eigenvalue weighted by Gasteiger charge is 1.99. The van der Waals surface area contributed by atoms with E-state index in [1.807, 2.05) is 0 Å². The Labute approximate surface area is 75.6 Å². The van der Waals surface area contributed by atoms with Crippen molar-refractivity contribution < 1.29 is 5.11 Å². The van der Waals surface area contributed by atoms with Gasteiger partial charge in [0.2, 0.25) is 0 Å². The van der Waals surface area contributed by atoms with Gasteiger partial charge >= 0.3 is 0 Å². The van der Waals surface area contributed by atoms with Gasteiger partial charge in [0.05, 0.1) is 5.88 Å². The van der Waals surface area contributed by atoms with E-state index in [1.165, 1.54) is 0 Å². The van der Waals surface area contributed by atoms with Crippen LogP contribution in [-0.4, -0.2) is 5.11 Å². The van der Waals surface area contributed by atoms with Gasteiger partial charge in [0.15, 0.2) is 0 Å². The fourth-order valence-corrected chi connectivity index (χ4v) is 1.21. The summed E-state index contributed by atoms with van der Waals surface area (Å²) in [5.74, 6) is 0.995. The minimum Gasteiger partial charge on any atom is -0.508 e. The summed E-state index contributed by atoms with van der Waals surface area (Å²) in [7, 11) is 0. The zero-order valence-electron chi connectivity index (χ0n) is 5.85. The van der Waals surface area contributed by atoms with Gasteiger partial charge in [-0.1, -0.05) is 6.07 Å². The van der Waals surface area contributed by atoms with Gasteiger partial charge in [-0.3, -0.25) is 0 Å². The molecule has 0 unspecified atom stereocenters. The van der Waals surface area contributed by atoms with Crippen molar-refractivity contribution in [1.82, 2.24) is 0 Å². The van der Waals surface area contributed by atoms with Crippen LogP contribution in [0.2, 0.25) is 0 Å². The van der Waals surface area contributed by atoms with Crippen LogP contribution in [-0.2, 0) is 11.8 Å². The average Bonchev–Trinajstić information content (AvgIpc) is 2.05. The fraction of sp³-hybridized carbons (Fsp3) is 0.250. The zero-order chi connectivity index (χ0) is 8.27. The summed E-state index contributed by atoms with van der Waals surface area (Å²) >= 11 is 11.1. The van der Waals surface area contributed by atoms with Crippen molar-refractivity contribution in [2.75, 3.05) is 0 Å². The first-order chi connectivity index (χ1) is 5.27. The first kappa shape index (κ1) is 8.69. The van der Waals surface area contributed by atoms with E-state index in [2.05, 4.69) is 0 Å². The van der Waals surface area contributed by atoms with Crippen molar-refractivity contribution in [3.8, 4) is 5.75 Å². The highest BCUT2D eigenvalue weighted by molar-refractivity contribution is 6.17. The van der Waals surface area contributed by atoms with Crippen LogP contribution in [0.25, 0.3) is 0 Å². The van der Waals surface area contributed by atoms with Gasteiger partial charge in [-0.25, -0.2) is 0 Å². The molecule has 0 aliphatic carbocycles. The van der Waals surface area contributed by atoms with E-state index in [9.17, 15) is 5.11 Å². The molecule has 0 heterocycles. The summed E-state index contributed by atoms with van der Waals surface area (Å²) in [6.07, 6.45) is 0. The van der Waals surface area contributed by atoms with Gasteiger partial charge < -0.3 is 5.11 Å². The molecule has 1 nitrogen and oxygen atoms in total. The second-order valence-corrected chi connectivity index (χ2v) is 2.76. The van der Waals surface area contributed by atoms with Crippen LogP contribution in [0, 0.1) is 0 Å². The summed E-state index contributed by atoms with van der Waals surface area (Å²) in [5.41, 5.74) is 1.70. The van der Waals surface area contributed by atoms with E-state index in [1.54, 1.807) is 18.2 Å². The molecule has 0 saturated carbocycles. The third-order valence-electron chi connectivity index (χ3n) is 1.44. The number of benzene rings is 1. The lowest BCUT2D eigenvalue weighted by atomic mass is 10.1. The Hall–Kier alpha value is -0.400. The minimum atomic E-state index is 0.230. The number of aromatic hydroxyl groups is 1. The summed E-state index contributed by atoms with van der Waals surface area (Å²) in [4.78, 5) is 0. The molecule has 0 fully saturated rings. The summed E-state index contributed by atoms with van der Waals surface area (Å²) < 4.78 is 0. The minimum absolute atomic E-state index is 0.230. The molecule has 1 rings (SSSR count). The van der Waals surface area contributed by atoms with Crippen molar-refractivity contribution in [2.24, 2.45) is 0 Å². The van der Waals surface area contributed by atoms with E-state index in [4.69, 9.17) is 23.2 Å². The van der Waals surface area contributed by atoms with Crippen LogP contribution >= 0.6 is 23.2 Å². The molecule has 3 heteroatoms. The third-order valence-corrected chi connectivity index (χ3v) is 2.04. The molecule has 0 amide bonds. The van der Waals surface area contributed by atoms with Gasteiger partial charge in [-0.15, -0.1) is 23.2 Å². The van der Waals surface area contributed by atoms with E-state index < -0.39 is 0 Å². The number of phenols is 1. The molecule has 0 atom stereocenters. The Morgan fingerprint density at radius 3 is 2.45 bits per heavy atom. The molecule has 0 saturated heterocycles. The van der Waals surface area contributed by atoms with E-state index >= 15 is 0 Å². The molecule has 60 valence electrons. The number of hydrogen-bond donors (Lipinski definition) is 1. The monoisotopic (exact) mass is 190 g/mol. The molecule has 11 heavy (non-hydrogen) atoms. The maximum absolute atomic E-state index is 9.20. The van der Waals surface area contributed by atoms with E-state index in [0.717, 1.165) is 11.1 Å². The summed E-state index contributed by atoms with van der Waals surface area (Å²) in [5, 5.41) is 9.20. The maximum atomic E-state index is 9.20. The SMILES string of the molecule is Oc1ccc(CCl)cc1CCl. The lowest BCUT2D eigenvalue weighted by Gasteiger charge is -2.01. The molecule has 0 bridgehead atoms. The van der Waals surface area contributed by atoms with Crippen molar-refractivity contribution >= 4 is 23.2 Å². The number of hydrogen-bond acceptors (Lipinski definition) is 1. The Morgan fingerprint density at radius 2 is 1.91 bits per heavy atom. The number of halogens is 2. The molecule has 0 aromatic heterocycles. The molecule has 1 aromatic carbocycles. The predicted octanol–water partition coefficient (Wildman–Crippen LogP) is 2.87. The van der Waals surface area contributed by atoms with Crippen LogP contribution in [0.5, 0.6) is 5.75 Å². The molecular weight excluding hydrogens is 183 g/mol. The average molecular weight is 191 g/mol. The fourth-order valence-electron chi connectivity index (χ4n) is 0.829. The Morgan fingerprint density at radius 1 is 1.18 bits per heavy atom. The molecule has 0 radical (unpaired) electrons. The smallest absolute Gasteiger partial charge is 0.120 e. The van der Waals surface area contributed by atoms with Crippen LogP contribution in [0.15, 0.2) is 18.2 Å². The quantitative estimate of drug-likeness (QED) is 0.712. The molecule has 0 aliphatic rings. The second kappa shape index (κ2) is 3.84. The van der Waals surface area contributed by atoms with Gasteiger partial charge in [0, 0.05) is 11.4 Å². The number of alkyl halides is 2. The first-order valence-electron chi connectivity index (χ1n) is 3.20. The highest BCUT2D eigenvalue weighted by atomic mass is 35.5. The van der Waals surface area contributed by atoms with Gasteiger partial charge in [0.1, 0.15) is 5.75 Å². The van der Waals surface area contributed by atoms with Crippen molar-refractivity contribution in [2.45, 2.75) is 11.8 Å². The highest BCUT2D eigenvalue weighted by Crippen LogP contribution is 2.20. The lowest BCUT2D eigenvalue weighted by molar-refractivity contribution is 0.470. The molecule has 0 spiro atoms. The summed E-state index contributed by atoms with van der Waals surface area (Å²) in [6.45, 7) is 0. The molecule has 1 N–H and O–H groups in total. The lowest BCUT2D eigenvalue weighted by Crippen LogP contribution is -1.83. The second-order valence-electron chi connectivity index (χ2n) is 2.23. The van der Waals surface area contributed by atoms with Crippen LogP contribution in [0.1, 0.15) is 11.1 Å². The van der Waals surface area contributed by atoms with E-state index in [-0.39, 0.29) is 5.75 Å². The standard InChI is InChI=1S/C8H8Cl2O/c9-4-6-1-2-8(11)7(3-6)5-10/h1-3,11H,4-5H2. The predicted molar refractivity (Wildman–Crippen MR) is 47.2 cm³/mol. The van der Waals surface area contributed by atoms with Crippen molar-refractivity contribution in [1.29, 1.82) is 0 Å². The van der Waals surface area contributed by atoms with Crippen LogP contribution < -0.4 is 0 Å². The largest absolute Gasteiger partial charge is 0.508 e. The normalized spacial score (nSPS) is 10.0.